The SMILES string of the molecule is O=C1CCC2CC[C@@]12CS(=O)(=O)Cl. The molecule has 0 aromatic carbocycles. The maximum Gasteiger partial charge on any atom is 0.233 e. The molecule has 5 heteroatoms. The van der Waals surface area contributed by atoms with Gasteiger partial charge in [-0.05, 0) is 25.2 Å². The number of Topliss-reactive ketones (excluding diaryl/α,β-unsaturated/α-hetero) is 1. The summed E-state index contributed by atoms with van der Waals surface area (Å²) in [6.45, 7) is 0. The van der Waals surface area contributed by atoms with E-state index in [1.165, 1.54) is 0 Å². The van der Waals surface area contributed by atoms with Crippen molar-refractivity contribution in [3.63, 3.8) is 0 Å². The Hall–Kier alpha value is -0.0900. The normalized spacial score (nSPS) is 38.5. The first-order valence-corrected chi connectivity index (χ1v) is 6.87. The van der Waals surface area contributed by atoms with Gasteiger partial charge < -0.3 is 0 Å². The van der Waals surface area contributed by atoms with E-state index in [1.807, 2.05) is 0 Å². The Labute approximate surface area is 81.9 Å². The van der Waals surface area contributed by atoms with E-state index < -0.39 is 14.5 Å². The minimum atomic E-state index is -3.53. The molecule has 0 heterocycles. The Morgan fingerprint density at radius 2 is 2.15 bits per heavy atom. The van der Waals surface area contributed by atoms with E-state index in [2.05, 4.69) is 0 Å². The molecule has 0 aromatic rings. The molecule has 2 aliphatic carbocycles. The van der Waals surface area contributed by atoms with Crippen molar-refractivity contribution >= 4 is 25.5 Å². The van der Waals surface area contributed by atoms with Crippen molar-refractivity contribution in [2.45, 2.75) is 25.7 Å². The van der Waals surface area contributed by atoms with Crippen LogP contribution in [0.15, 0.2) is 0 Å². The largest absolute Gasteiger partial charge is 0.299 e. The second-order valence-corrected chi connectivity index (χ2v) is 6.81. The molecule has 2 fully saturated rings. The van der Waals surface area contributed by atoms with Crippen LogP contribution in [0.25, 0.3) is 0 Å². The molecule has 0 bridgehead atoms. The zero-order chi connectivity index (χ0) is 9.69. The van der Waals surface area contributed by atoms with Crippen molar-refractivity contribution in [2.24, 2.45) is 11.3 Å². The van der Waals surface area contributed by atoms with Crippen molar-refractivity contribution in [2.75, 3.05) is 5.75 Å². The van der Waals surface area contributed by atoms with Gasteiger partial charge in [-0.3, -0.25) is 4.79 Å². The van der Waals surface area contributed by atoms with Gasteiger partial charge in [0.05, 0.1) is 5.75 Å². The standard InChI is InChI=1S/C8H11ClO3S/c9-13(11,12)5-8-4-3-6(8)1-2-7(8)10/h6H,1-5H2/t6?,8-/m0/s1. The van der Waals surface area contributed by atoms with Crippen LogP contribution in [-0.2, 0) is 13.8 Å². The number of hydrogen-bond donors (Lipinski definition) is 0. The summed E-state index contributed by atoms with van der Waals surface area (Å²) in [7, 11) is 1.66. The first-order chi connectivity index (χ1) is 5.94. The number of ketones is 1. The first-order valence-electron chi connectivity index (χ1n) is 4.40. The predicted octanol–water partition coefficient (Wildman–Crippen LogP) is 1.31. The quantitative estimate of drug-likeness (QED) is 0.662. The molecule has 2 aliphatic rings. The second-order valence-electron chi connectivity index (χ2n) is 4.04. The van der Waals surface area contributed by atoms with Crippen molar-refractivity contribution < 1.29 is 13.2 Å². The molecule has 0 radical (unpaired) electrons. The fraction of sp³-hybridized carbons (Fsp3) is 0.875. The average molecular weight is 223 g/mol. The van der Waals surface area contributed by atoms with Gasteiger partial charge in [-0.1, -0.05) is 0 Å². The number of halogens is 1. The zero-order valence-electron chi connectivity index (χ0n) is 7.12. The maximum absolute atomic E-state index is 11.5. The van der Waals surface area contributed by atoms with Gasteiger partial charge in [-0.15, -0.1) is 0 Å². The molecule has 74 valence electrons. The van der Waals surface area contributed by atoms with Crippen LogP contribution in [-0.4, -0.2) is 20.0 Å². The summed E-state index contributed by atoms with van der Waals surface area (Å²) in [6, 6.07) is 0. The van der Waals surface area contributed by atoms with Crippen molar-refractivity contribution in [3.05, 3.63) is 0 Å². The molecule has 2 atom stereocenters. The highest BCUT2D eigenvalue weighted by atomic mass is 35.7. The lowest BCUT2D eigenvalue weighted by atomic mass is 9.63. The molecule has 1 unspecified atom stereocenters. The van der Waals surface area contributed by atoms with Crippen LogP contribution in [0.2, 0.25) is 0 Å². The lowest BCUT2D eigenvalue weighted by Crippen LogP contribution is -2.45. The lowest BCUT2D eigenvalue weighted by Gasteiger charge is -2.42. The van der Waals surface area contributed by atoms with Gasteiger partial charge >= 0.3 is 0 Å². The fourth-order valence-corrected chi connectivity index (χ4v) is 4.36. The summed E-state index contributed by atoms with van der Waals surface area (Å²) in [5.74, 6) is 0.243. The molecule has 0 saturated heterocycles. The topological polar surface area (TPSA) is 51.2 Å². The third-order valence-electron chi connectivity index (χ3n) is 3.43. The lowest BCUT2D eigenvalue weighted by molar-refractivity contribution is -0.130. The van der Waals surface area contributed by atoms with E-state index in [0.717, 1.165) is 12.8 Å². The van der Waals surface area contributed by atoms with Gasteiger partial charge in [0.15, 0.2) is 0 Å². The number of rotatable bonds is 2. The summed E-state index contributed by atoms with van der Waals surface area (Å²) >= 11 is 0. The Bertz CT molecular complexity index is 348. The van der Waals surface area contributed by atoms with Gasteiger partial charge in [0.1, 0.15) is 5.78 Å². The van der Waals surface area contributed by atoms with Gasteiger partial charge in [0.25, 0.3) is 0 Å². The molecule has 0 amide bonds. The van der Waals surface area contributed by atoms with E-state index >= 15 is 0 Å². The monoisotopic (exact) mass is 222 g/mol. The Morgan fingerprint density at radius 1 is 1.46 bits per heavy atom. The Morgan fingerprint density at radius 3 is 2.54 bits per heavy atom. The molecule has 13 heavy (non-hydrogen) atoms. The predicted molar refractivity (Wildman–Crippen MR) is 49.0 cm³/mol. The average Bonchev–Trinajstić information content (AvgIpc) is 2.11. The molecule has 0 aromatic heterocycles. The summed E-state index contributed by atoms with van der Waals surface area (Å²) in [4.78, 5) is 11.5. The van der Waals surface area contributed by atoms with Crippen LogP contribution in [0.4, 0.5) is 0 Å². The summed E-state index contributed by atoms with van der Waals surface area (Å²) < 4.78 is 21.9. The van der Waals surface area contributed by atoms with Crippen LogP contribution in [0.3, 0.4) is 0 Å². The smallest absolute Gasteiger partial charge is 0.233 e. The van der Waals surface area contributed by atoms with Crippen molar-refractivity contribution in [1.29, 1.82) is 0 Å². The summed E-state index contributed by atoms with van der Waals surface area (Å²) in [6.07, 6.45) is 3.09. The minimum Gasteiger partial charge on any atom is -0.299 e. The number of hydrogen-bond acceptors (Lipinski definition) is 3. The third-order valence-corrected chi connectivity index (χ3v) is 4.61. The Kier molecular flexibility index (Phi) is 1.97. The molecule has 2 saturated carbocycles. The van der Waals surface area contributed by atoms with Crippen LogP contribution in [0.1, 0.15) is 25.7 Å². The number of fused-ring (bicyclic) bond motifs is 1. The highest BCUT2D eigenvalue weighted by Gasteiger charge is 2.57. The van der Waals surface area contributed by atoms with Gasteiger partial charge in [-0.25, -0.2) is 8.42 Å². The van der Waals surface area contributed by atoms with E-state index in [-0.39, 0.29) is 17.5 Å². The molecule has 0 spiro atoms. The summed E-state index contributed by atoms with van der Waals surface area (Å²) in [5.41, 5.74) is -0.583. The number of carbonyl (C=O) groups is 1. The Balaban J connectivity index is 2.25. The fourth-order valence-electron chi connectivity index (χ4n) is 2.62. The van der Waals surface area contributed by atoms with Gasteiger partial charge in [0, 0.05) is 22.5 Å². The third kappa shape index (κ3) is 1.40. The molecular formula is C8H11ClO3S. The molecule has 3 nitrogen and oxygen atoms in total. The molecule has 2 rings (SSSR count). The number of carbonyl (C=O) groups excluding carboxylic acids is 1. The minimum absolute atomic E-state index is 0.105. The van der Waals surface area contributed by atoms with Crippen LogP contribution >= 0.6 is 10.7 Å². The van der Waals surface area contributed by atoms with Gasteiger partial charge in [-0.2, -0.15) is 0 Å². The highest BCUT2D eigenvalue weighted by Crippen LogP contribution is 2.56. The zero-order valence-corrected chi connectivity index (χ0v) is 8.70. The first kappa shape index (κ1) is 9.46. The van der Waals surface area contributed by atoms with Crippen LogP contribution in [0.5, 0.6) is 0 Å². The highest BCUT2D eigenvalue weighted by molar-refractivity contribution is 8.13. The van der Waals surface area contributed by atoms with Gasteiger partial charge in [0.2, 0.25) is 9.05 Å². The van der Waals surface area contributed by atoms with E-state index in [0.29, 0.717) is 12.8 Å². The van der Waals surface area contributed by atoms with Crippen molar-refractivity contribution in [3.8, 4) is 0 Å². The summed E-state index contributed by atoms with van der Waals surface area (Å²) in [5, 5.41) is 0. The molecular weight excluding hydrogens is 212 g/mol. The van der Waals surface area contributed by atoms with Crippen LogP contribution < -0.4 is 0 Å². The maximum atomic E-state index is 11.5. The van der Waals surface area contributed by atoms with Crippen LogP contribution in [0, 0.1) is 11.3 Å². The van der Waals surface area contributed by atoms with E-state index in [1.54, 1.807) is 0 Å². The second kappa shape index (κ2) is 2.70. The molecule has 0 aliphatic heterocycles. The van der Waals surface area contributed by atoms with Crippen molar-refractivity contribution in [1.82, 2.24) is 0 Å². The molecule has 0 N–H and O–H groups in total. The van der Waals surface area contributed by atoms with E-state index in [4.69, 9.17) is 10.7 Å². The van der Waals surface area contributed by atoms with E-state index in [9.17, 15) is 13.2 Å².